The van der Waals surface area contributed by atoms with Crippen molar-refractivity contribution in [1.82, 2.24) is 9.97 Å². The van der Waals surface area contributed by atoms with Crippen molar-refractivity contribution in [1.29, 1.82) is 0 Å². The van der Waals surface area contributed by atoms with Crippen LogP contribution < -0.4 is 5.32 Å². The monoisotopic (exact) mass is 281 g/mol. The van der Waals surface area contributed by atoms with Gasteiger partial charge in [-0.25, -0.2) is 4.98 Å². The van der Waals surface area contributed by atoms with E-state index in [9.17, 15) is 0 Å². The Labute approximate surface area is 116 Å². The van der Waals surface area contributed by atoms with Gasteiger partial charge >= 0.3 is 0 Å². The number of hydrogen-bond donors (Lipinski definition) is 1. The molecule has 2 rings (SSSR count). The predicted molar refractivity (Wildman–Crippen MR) is 75.3 cm³/mol. The van der Waals surface area contributed by atoms with E-state index >= 15 is 0 Å². The zero-order chi connectivity index (χ0) is 13.1. The molecular formula is C13H13Cl2N3. The fourth-order valence-electron chi connectivity index (χ4n) is 1.63. The number of anilines is 1. The SMILES string of the molecule is Cc1cccnc1CNc1cc(Cl)nc(C)c1Cl. The first kappa shape index (κ1) is 13.1. The summed E-state index contributed by atoms with van der Waals surface area (Å²) < 4.78 is 0. The Morgan fingerprint density at radius 1 is 1.28 bits per heavy atom. The fourth-order valence-corrected chi connectivity index (χ4v) is 2.03. The van der Waals surface area contributed by atoms with Crippen LogP contribution in [-0.4, -0.2) is 9.97 Å². The molecule has 0 bridgehead atoms. The molecule has 2 heterocycles. The largest absolute Gasteiger partial charge is 0.378 e. The molecule has 0 aliphatic heterocycles. The molecule has 0 unspecified atom stereocenters. The molecule has 0 saturated carbocycles. The van der Waals surface area contributed by atoms with Crippen molar-refractivity contribution >= 4 is 28.9 Å². The van der Waals surface area contributed by atoms with Gasteiger partial charge in [-0.15, -0.1) is 0 Å². The van der Waals surface area contributed by atoms with Crippen molar-refractivity contribution in [3.8, 4) is 0 Å². The molecular weight excluding hydrogens is 269 g/mol. The first-order valence-electron chi connectivity index (χ1n) is 5.55. The molecule has 2 aromatic heterocycles. The molecule has 0 aliphatic carbocycles. The lowest BCUT2D eigenvalue weighted by Gasteiger charge is -2.11. The number of pyridine rings is 2. The Morgan fingerprint density at radius 2 is 2.06 bits per heavy atom. The lowest BCUT2D eigenvalue weighted by molar-refractivity contribution is 1.01. The van der Waals surface area contributed by atoms with Gasteiger partial charge in [0.2, 0.25) is 0 Å². The van der Waals surface area contributed by atoms with E-state index in [0.29, 0.717) is 22.4 Å². The fraction of sp³-hybridized carbons (Fsp3) is 0.231. The molecule has 18 heavy (non-hydrogen) atoms. The summed E-state index contributed by atoms with van der Waals surface area (Å²) in [5.74, 6) is 0. The summed E-state index contributed by atoms with van der Waals surface area (Å²) in [5, 5.41) is 4.25. The van der Waals surface area contributed by atoms with Gasteiger partial charge in [-0.1, -0.05) is 29.3 Å². The second-order valence-corrected chi connectivity index (χ2v) is 4.78. The van der Waals surface area contributed by atoms with E-state index in [-0.39, 0.29) is 0 Å². The third kappa shape index (κ3) is 2.92. The Bertz CT molecular complexity index is 570. The molecule has 0 aromatic carbocycles. The average molecular weight is 282 g/mol. The summed E-state index contributed by atoms with van der Waals surface area (Å²) in [6.45, 7) is 4.45. The normalized spacial score (nSPS) is 10.4. The van der Waals surface area contributed by atoms with E-state index in [1.165, 1.54) is 0 Å². The van der Waals surface area contributed by atoms with Gasteiger partial charge in [-0.2, -0.15) is 0 Å². The second-order valence-electron chi connectivity index (χ2n) is 4.01. The van der Waals surface area contributed by atoms with Gasteiger partial charge in [0.05, 0.1) is 28.6 Å². The summed E-state index contributed by atoms with van der Waals surface area (Å²) in [4.78, 5) is 8.40. The molecule has 0 saturated heterocycles. The quantitative estimate of drug-likeness (QED) is 0.864. The minimum absolute atomic E-state index is 0.428. The highest BCUT2D eigenvalue weighted by Crippen LogP contribution is 2.27. The highest BCUT2D eigenvalue weighted by atomic mass is 35.5. The third-order valence-electron chi connectivity index (χ3n) is 2.66. The van der Waals surface area contributed by atoms with Crippen LogP contribution >= 0.6 is 23.2 Å². The minimum Gasteiger partial charge on any atom is -0.378 e. The summed E-state index contributed by atoms with van der Waals surface area (Å²) in [6, 6.07) is 5.66. The molecule has 94 valence electrons. The summed E-state index contributed by atoms with van der Waals surface area (Å²) >= 11 is 12.1. The second kappa shape index (κ2) is 5.55. The number of nitrogens with zero attached hydrogens (tertiary/aromatic N) is 2. The van der Waals surface area contributed by atoms with E-state index in [1.54, 1.807) is 12.3 Å². The van der Waals surface area contributed by atoms with Crippen molar-refractivity contribution in [3.05, 3.63) is 51.5 Å². The first-order valence-corrected chi connectivity index (χ1v) is 6.30. The summed E-state index contributed by atoms with van der Waals surface area (Å²) in [7, 11) is 0. The van der Waals surface area contributed by atoms with Crippen LogP contribution in [-0.2, 0) is 6.54 Å². The van der Waals surface area contributed by atoms with E-state index in [4.69, 9.17) is 23.2 Å². The number of nitrogens with one attached hydrogen (secondary N) is 1. The lowest BCUT2D eigenvalue weighted by atomic mass is 10.2. The highest BCUT2D eigenvalue weighted by Gasteiger charge is 2.07. The molecule has 0 fully saturated rings. The summed E-state index contributed by atoms with van der Waals surface area (Å²) in [5.41, 5.74) is 3.61. The summed E-state index contributed by atoms with van der Waals surface area (Å²) in [6.07, 6.45) is 1.77. The van der Waals surface area contributed by atoms with Gasteiger partial charge in [0.25, 0.3) is 0 Å². The van der Waals surface area contributed by atoms with E-state index in [2.05, 4.69) is 15.3 Å². The van der Waals surface area contributed by atoms with Crippen molar-refractivity contribution < 1.29 is 0 Å². The van der Waals surface area contributed by atoms with Crippen molar-refractivity contribution in [2.45, 2.75) is 20.4 Å². The molecule has 1 N–H and O–H groups in total. The minimum atomic E-state index is 0.428. The van der Waals surface area contributed by atoms with E-state index in [0.717, 1.165) is 16.9 Å². The van der Waals surface area contributed by atoms with Crippen LogP contribution in [0.2, 0.25) is 10.2 Å². The lowest BCUT2D eigenvalue weighted by Crippen LogP contribution is -2.04. The van der Waals surface area contributed by atoms with Gasteiger partial charge < -0.3 is 5.32 Å². The third-order valence-corrected chi connectivity index (χ3v) is 3.33. The zero-order valence-corrected chi connectivity index (χ0v) is 11.7. The number of hydrogen-bond acceptors (Lipinski definition) is 3. The maximum atomic E-state index is 6.17. The molecule has 0 atom stereocenters. The Morgan fingerprint density at radius 3 is 2.78 bits per heavy atom. The average Bonchev–Trinajstić information content (AvgIpc) is 2.33. The van der Waals surface area contributed by atoms with Crippen LogP contribution in [0.15, 0.2) is 24.4 Å². The molecule has 3 nitrogen and oxygen atoms in total. The van der Waals surface area contributed by atoms with Gasteiger partial charge in [0.15, 0.2) is 0 Å². The molecule has 0 spiro atoms. The number of rotatable bonds is 3. The predicted octanol–water partition coefficient (Wildman–Crippen LogP) is 4.01. The zero-order valence-electron chi connectivity index (χ0n) is 10.2. The number of aromatic nitrogens is 2. The molecule has 5 heteroatoms. The van der Waals surface area contributed by atoms with Crippen LogP contribution in [0.25, 0.3) is 0 Å². The molecule has 0 radical (unpaired) electrons. The Hall–Kier alpha value is -1.32. The Balaban J connectivity index is 2.18. The standard InChI is InChI=1S/C13H13Cl2N3/c1-8-4-3-5-16-11(8)7-17-10-6-12(14)18-9(2)13(10)15/h3-6H,7H2,1-2H3,(H,17,18). The van der Waals surface area contributed by atoms with Crippen molar-refractivity contribution in [2.75, 3.05) is 5.32 Å². The number of halogens is 2. The molecule has 0 amide bonds. The van der Waals surface area contributed by atoms with Crippen LogP contribution in [0.5, 0.6) is 0 Å². The molecule has 0 aliphatic rings. The van der Waals surface area contributed by atoms with E-state index < -0.39 is 0 Å². The smallest absolute Gasteiger partial charge is 0.131 e. The maximum Gasteiger partial charge on any atom is 0.131 e. The van der Waals surface area contributed by atoms with Gasteiger partial charge in [0.1, 0.15) is 5.15 Å². The van der Waals surface area contributed by atoms with Crippen LogP contribution in [0.4, 0.5) is 5.69 Å². The van der Waals surface area contributed by atoms with Crippen LogP contribution in [0, 0.1) is 13.8 Å². The van der Waals surface area contributed by atoms with Gasteiger partial charge in [-0.3, -0.25) is 4.98 Å². The van der Waals surface area contributed by atoms with Gasteiger partial charge in [0, 0.05) is 12.3 Å². The van der Waals surface area contributed by atoms with Crippen LogP contribution in [0.3, 0.4) is 0 Å². The first-order chi connectivity index (χ1) is 8.58. The van der Waals surface area contributed by atoms with E-state index in [1.807, 2.05) is 26.0 Å². The van der Waals surface area contributed by atoms with Gasteiger partial charge in [-0.05, 0) is 25.5 Å². The van der Waals surface area contributed by atoms with Crippen molar-refractivity contribution in [2.24, 2.45) is 0 Å². The topological polar surface area (TPSA) is 37.8 Å². The molecule has 2 aromatic rings. The maximum absolute atomic E-state index is 6.17. The Kier molecular flexibility index (Phi) is 4.04. The van der Waals surface area contributed by atoms with Crippen molar-refractivity contribution in [3.63, 3.8) is 0 Å². The van der Waals surface area contributed by atoms with Crippen LogP contribution in [0.1, 0.15) is 17.0 Å². The highest BCUT2D eigenvalue weighted by molar-refractivity contribution is 6.35. The number of aryl methyl sites for hydroxylation is 2.